The van der Waals surface area contributed by atoms with Gasteiger partial charge in [0.2, 0.25) is 0 Å². The average Bonchev–Trinajstić information content (AvgIpc) is 2.84. The number of aliphatic hydroxyl groups excluding tert-OH is 1. The van der Waals surface area contributed by atoms with Crippen LogP contribution in [0.4, 0.5) is 0 Å². The van der Waals surface area contributed by atoms with Gasteiger partial charge in [0.15, 0.2) is 0 Å². The molecule has 1 aliphatic heterocycles. The smallest absolute Gasteiger partial charge is 0.0834 e. The summed E-state index contributed by atoms with van der Waals surface area (Å²) in [6.45, 7) is 2.88. The van der Waals surface area contributed by atoms with Crippen molar-refractivity contribution in [2.24, 2.45) is 5.92 Å². The molecule has 1 saturated heterocycles. The van der Waals surface area contributed by atoms with E-state index < -0.39 is 0 Å². The molecule has 110 valence electrons. The van der Waals surface area contributed by atoms with Crippen LogP contribution in [0.15, 0.2) is 60.7 Å². The van der Waals surface area contributed by atoms with Gasteiger partial charge in [-0.25, -0.2) is 0 Å². The fourth-order valence-electron chi connectivity index (χ4n) is 3.04. The normalized spacial score (nSPS) is 26.1. The minimum absolute atomic E-state index is 0.0175. The number of hydrogen-bond acceptors (Lipinski definition) is 3. The molecule has 3 rings (SSSR count). The number of rotatable bonds is 4. The van der Waals surface area contributed by atoms with Crippen LogP contribution < -0.4 is 0 Å². The predicted octanol–water partition coefficient (Wildman–Crippen LogP) is 3.17. The van der Waals surface area contributed by atoms with Gasteiger partial charge in [-0.2, -0.15) is 5.06 Å². The van der Waals surface area contributed by atoms with Gasteiger partial charge < -0.3 is 5.11 Å². The quantitative estimate of drug-likeness (QED) is 0.935. The highest BCUT2D eigenvalue weighted by atomic mass is 16.7. The van der Waals surface area contributed by atoms with Crippen LogP contribution in [0, 0.1) is 5.92 Å². The molecule has 1 heterocycles. The molecule has 0 aliphatic carbocycles. The van der Waals surface area contributed by atoms with Gasteiger partial charge >= 0.3 is 0 Å². The summed E-state index contributed by atoms with van der Waals surface area (Å²) in [5, 5.41) is 11.8. The molecule has 3 atom stereocenters. The Hall–Kier alpha value is -1.68. The van der Waals surface area contributed by atoms with Crippen molar-refractivity contribution in [2.75, 3.05) is 6.61 Å². The van der Waals surface area contributed by atoms with E-state index in [1.165, 1.54) is 11.1 Å². The van der Waals surface area contributed by atoms with Gasteiger partial charge in [-0.05, 0) is 18.1 Å². The monoisotopic (exact) mass is 283 g/mol. The molecule has 1 aliphatic rings. The number of aliphatic hydroxyl groups is 1. The van der Waals surface area contributed by atoms with Crippen molar-refractivity contribution < 1.29 is 9.94 Å². The molecular formula is C18H21NO2. The van der Waals surface area contributed by atoms with Crippen LogP contribution in [0.3, 0.4) is 0 Å². The summed E-state index contributed by atoms with van der Waals surface area (Å²) >= 11 is 0. The molecule has 21 heavy (non-hydrogen) atoms. The zero-order valence-electron chi connectivity index (χ0n) is 12.2. The molecule has 1 N–H and O–H groups in total. The van der Waals surface area contributed by atoms with E-state index in [0.717, 1.165) is 6.54 Å². The first-order valence-corrected chi connectivity index (χ1v) is 7.42. The second-order valence-electron chi connectivity index (χ2n) is 5.57. The number of nitrogens with zero attached hydrogens (tertiary/aromatic N) is 1. The van der Waals surface area contributed by atoms with E-state index in [1.54, 1.807) is 0 Å². The van der Waals surface area contributed by atoms with E-state index in [1.807, 2.05) is 48.4 Å². The van der Waals surface area contributed by atoms with Crippen molar-refractivity contribution in [3.05, 3.63) is 71.8 Å². The Morgan fingerprint density at radius 1 is 1.00 bits per heavy atom. The van der Waals surface area contributed by atoms with Crippen molar-refractivity contribution in [3.8, 4) is 0 Å². The fourth-order valence-corrected chi connectivity index (χ4v) is 3.04. The summed E-state index contributed by atoms with van der Waals surface area (Å²) in [7, 11) is 0. The van der Waals surface area contributed by atoms with E-state index in [-0.39, 0.29) is 24.7 Å². The Kier molecular flexibility index (Phi) is 4.34. The first kappa shape index (κ1) is 14.3. The molecule has 2 aromatic rings. The summed E-state index contributed by atoms with van der Waals surface area (Å²) in [5.41, 5.74) is 2.40. The van der Waals surface area contributed by atoms with Gasteiger partial charge in [-0.3, -0.25) is 4.84 Å². The molecular weight excluding hydrogens is 262 g/mol. The van der Waals surface area contributed by atoms with Gasteiger partial charge in [0.25, 0.3) is 0 Å². The zero-order chi connectivity index (χ0) is 14.7. The maximum atomic E-state index is 9.75. The second kappa shape index (κ2) is 6.39. The van der Waals surface area contributed by atoms with Crippen LogP contribution in [0.2, 0.25) is 0 Å². The molecule has 2 aromatic carbocycles. The van der Waals surface area contributed by atoms with Crippen molar-refractivity contribution in [2.45, 2.75) is 25.6 Å². The number of hydroxylamine groups is 2. The molecule has 1 fully saturated rings. The van der Waals surface area contributed by atoms with Gasteiger partial charge in [-0.15, -0.1) is 0 Å². The van der Waals surface area contributed by atoms with Crippen molar-refractivity contribution in [1.82, 2.24) is 5.06 Å². The molecule has 0 unspecified atom stereocenters. The minimum atomic E-state index is 0.0175. The lowest BCUT2D eigenvalue weighted by Crippen LogP contribution is -2.26. The highest BCUT2D eigenvalue weighted by Crippen LogP contribution is 2.39. The lowest BCUT2D eigenvalue weighted by atomic mass is 9.90. The summed E-state index contributed by atoms with van der Waals surface area (Å²) in [6.07, 6.45) is 0.0175. The van der Waals surface area contributed by atoms with E-state index in [2.05, 4.69) is 24.3 Å². The zero-order valence-corrected chi connectivity index (χ0v) is 12.2. The Bertz CT molecular complexity index is 558. The first-order chi connectivity index (χ1) is 10.3. The minimum Gasteiger partial charge on any atom is -0.396 e. The van der Waals surface area contributed by atoms with E-state index in [4.69, 9.17) is 4.84 Å². The SMILES string of the molecule is C[C@H]1ON(Cc2ccccc2)[C@H](c2ccccc2)[C@@H]1CO. The van der Waals surface area contributed by atoms with Crippen molar-refractivity contribution >= 4 is 0 Å². The first-order valence-electron chi connectivity index (χ1n) is 7.42. The Labute approximate surface area is 125 Å². The van der Waals surface area contributed by atoms with Gasteiger partial charge in [-0.1, -0.05) is 60.7 Å². The standard InChI is InChI=1S/C18H21NO2/c1-14-17(13-20)18(16-10-6-3-7-11-16)19(21-14)12-15-8-4-2-5-9-15/h2-11,14,17-18,20H,12-13H2,1H3/t14-,17-,18-/m1/s1. The Morgan fingerprint density at radius 2 is 1.62 bits per heavy atom. The van der Waals surface area contributed by atoms with E-state index >= 15 is 0 Å². The third kappa shape index (κ3) is 3.00. The largest absolute Gasteiger partial charge is 0.396 e. The number of hydrogen-bond donors (Lipinski definition) is 1. The summed E-state index contributed by atoms with van der Waals surface area (Å²) in [6, 6.07) is 20.7. The third-order valence-electron chi connectivity index (χ3n) is 4.15. The van der Waals surface area contributed by atoms with Crippen LogP contribution in [0.25, 0.3) is 0 Å². The highest BCUT2D eigenvalue weighted by Gasteiger charge is 2.41. The third-order valence-corrected chi connectivity index (χ3v) is 4.15. The Balaban J connectivity index is 1.87. The lowest BCUT2D eigenvalue weighted by Gasteiger charge is -2.25. The highest BCUT2D eigenvalue weighted by molar-refractivity contribution is 5.22. The molecule has 0 aromatic heterocycles. The van der Waals surface area contributed by atoms with Crippen LogP contribution in [-0.4, -0.2) is 22.9 Å². The van der Waals surface area contributed by atoms with Crippen LogP contribution in [0.5, 0.6) is 0 Å². The average molecular weight is 283 g/mol. The van der Waals surface area contributed by atoms with Crippen molar-refractivity contribution in [1.29, 1.82) is 0 Å². The van der Waals surface area contributed by atoms with Crippen LogP contribution in [0.1, 0.15) is 24.1 Å². The molecule has 0 bridgehead atoms. The van der Waals surface area contributed by atoms with E-state index in [0.29, 0.717) is 0 Å². The molecule has 3 nitrogen and oxygen atoms in total. The Morgan fingerprint density at radius 3 is 2.24 bits per heavy atom. The van der Waals surface area contributed by atoms with Gasteiger partial charge in [0.05, 0.1) is 18.8 Å². The molecule has 0 amide bonds. The topological polar surface area (TPSA) is 32.7 Å². The summed E-state index contributed by atoms with van der Waals surface area (Å²) in [4.78, 5) is 6.01. The summed E-state index contributed by atoms with van der Waals surface area (Å²) in [5.74, 6) is 0.0936. The maximum Gasteiger partial charge on any atom is 0.0834 e. The molecule has 0 radical (unpaired) electrons. The second-order valence-corrected chi connectivity index (χ2v) is 5.57. The molecule has 0 saturated carbocycles. The molecule has 0 spiro atoms. The van der Waals surface area contributed by atoms with Gasteiger partial charge in [0, 0.05) is 12.5 Å². The maximum absolute atomic E-state index is 9.75. The number of benzene rings is 2. The van der Waals surface area contributed by atoms with Crippen LogP contribution >= 0.6 is 0 Å². The van der Waals surface area contributed by atoms with E-state index in [9.17, 15) is 5.11 Å². The summed E-state index contributed by atoms with van der Waals surface area (Å²) < 4.78 is 0. The fraction of sp³-hybridized carbons (Fsp3) is 0.333. The predicted molar refractivity (Wildman–Crippen MR) is 82.3 cm³/mol. The lowest BCUT2D eigenvalue weighted by molar-refractivity contribution is -0.166. The van der Waals surface area contributed by atoms with Crippen molar-refractivity contribution in [3.63, 3.8) is 0 Å². The van der Waals surface area contributed by atoms with Crippen LogP contribution in [-0.2, 0) is 11.4 Å². The molecule has 3 heteroatoms. The van der Waals surface area contributed by atoms with Gasteiger partial charge in [0.1, 0.15) is 0 Å².